The number of piperidine rings is 1. The Morgan fingerprint density at radius 2 is 2.13 bits per heavy atom. The lowest BCUT2D eigenvalue weighted by Gasteiger charge is -2.31. The third-order valence-electron chi connectivity index (χ3n) is 3.39. The Kier molecular flexibility index (Phi) is 3.72. The number of Topliss-reactive ketones (excluding diaryl/α,β-unsaturated/α-hetero) is 1. The second kappa shape index (κ2) is 5.05. The molecule has 2 saturated heterocycles. The van der Waals surface area contributed by atoms with E-state index in [1.54, 1.807) is 0 Å². The number of hydrogen-bond acceptors (Lipinski definition) is 4. The normalized spacial score (nSPS) is 30.3. The molecule has 15 heavy (non-hydrogen) atoms. The molecule has 2 rings (SSSR count). The Hall–Kier alpha value is -0.450. The molecule has 2 aliphatic heterocycles. The fraction of sp³-hybridized carbons (Fsp3) is 0.909. The molecule has 86 valence electrons. The summed E-state index contributed by atoms with van der Waals surface area (Å²) in [6, 6.07) is -0.0489. The van der Waals surface area contributed by atoms with Gasteiger partial charge < -0.3 is 15.0 Å². The number of morpholine rings is 1. The number of hydrogen-bond donors (Lipinski definition) is 1. The summed E-state index contributed by atoms with van der Waals surface area (Å²) >= 11 is 0. The molecule has 0 spiro atoms. The van der Waals surface area contributed by atoms with Crippen LogP contribution >= 0.6 is 0 Å². The van der Waals surface area contributed by atoms with Crippen LogP contribution in [0.4, 0.5) is 0 Å². The topological polar surface area (TPSA) is 41.6 Å². The van der Waals surface area contributed by atoms with E-state index in [0.29, 0.717) is 12.4 Å². The van der Waals surface area contributed by atoms with E-state index in [0.717, 1.165) is 39.1 Å². The molecular formula is C11H20N2O2. The molecule has 4 heteroatoms. The first-order valence-electron chi connectivity index (χ1n) is 5.81. The summed E-state index contributed by atoms with van der Waals surface area (Å²) < 4.78 is 5.32. The molecule has 0 amide bonds. The highest BCUT2D eigenvalue weighted by molar-refractivity contribution is 5.86. The van der Waals surface area contributed by atoms with Crippen LogP contribution in [0, 0.1) is 5.92 Å². The Morgan fingerprint density at radius 3 is 2.73 bits per heavy atom. The summed E-state index contributed by atoms with van der Waals surface area (Å²) in [6.07, 6.45) is 2.01. The highest BCUT2D eigenvalue weighted by atomic mass is 16.5. The van der Waals surface area contributed by atoms with E-state index in [-0.39, 0.29) is 12.0 Å². The summed E-state index contributed by atoms with van der Waals surface area (Å²) in [5, 5.41) is 3.24. The fourth-order valence-electron chi connectivity index (χ4n) is 2.33. The van der Waals surface area contributed by atoms with E-state index in [1.165, 1.54) is 0 Å². The van der Waals surface area contributed by atoms with Crippen molar-refractivity contribution in [2.45, 2.75) is 18.9 Å². The van der Waals surface area contributed by atoms with Crippen LogP contribution in [0.3, 0.4) is 0 Å². The monoisotopic (exact) mass is 212 g/mol. The zero-order valence-electron chi connectivity index (χ0n) is 9.37. The smallest absolute Gasteiger partial charge is 0.155 e. The summed E-state index contributed by atoms with van der Waals surface area (Å²) in [4.78, 5) is 14.4. The van der Waals surface area contributed by atoms with E-state index < -0.39 is 0 Å². The number of nitrogens with one attached hydrogen (secondary N) is 1. The predicted molar refractivity (Wildman–Crippen MR) is 57.8 cm³/mol. The first kappa shape index (κ1) is 11.0. The van der Waals surface area contributed by atoms with Crippen molar-refractivity contribution in [3.8, 4) is 0 Å². The molecule has 0 aromatic heterocycles. The van der Waals surface area contributed by atoms with Gasteiger partial charge in [0.25, 0.3) is 0 Å². The number of likely N-dealkylation sites (tertiary alicyclic amines) is 1. The van der Waals surface area contributed by atoms with Crippen molar-refractivity contribution in [2.75, 3.05) is 39.9 Å². The number of ketones is 1. The highest BCUT2D eigenvalue weighted by Crippen LogP contribution is 2.18. The molecule has 1 unspecified atom stereocenters. The fourth-order valence-corrected chi connectivity index (χ4v) is 2.33. The van der Waals surface area contributed by atoms with Crippen LogP contribution in [0.25, 0.3) is 0 Å². The SMILES string of the molecule is CN1CCC(C(=O)C2COCCN2)CC1. The van der Waals surface area contributed by atoms with Crippen LogP contribution in [0.1, 0.15) is 12.8 Å². The van der Waals surface area contributed by atoms with Crippen LogP contribution in [0.2, 0.25) is 0 Å². The number of carbonyl (C=O) groups excluding carboxylic acids is 1. The van der Waals surface area contributed by atoms with Crippen LogP contribution in [0.15, 0.2) is 0 Å². The van der Waals surface area contributed by atoms with Crippen molar-refractivity contribution in [1.82, 2.24) is 10.2 Å². The minimum Gasteiger partial charge on any atom is -0.378 e. The van der Waals surface area contributed by atoms with Gasteiger partial charge in [0.05, 0.1) is 19.3 Å². The lowest BCUT2D eigenvalue weighted by atomic mass is 9.89. The zero-order valence-corrected chi connectivity index (χ0v) is 9.37. The van der Waals surface area contributed by atoms with Gasteiger partial charge in [-0.25, -0.2) is 0 Å². The van der Waals surface area contributed by atoms with Gasteiger partial charge in [0.1, 0.15) is 0 Å². The molecule has 2 fully saturated rings. The van der Waals surface area contributed by atoms with Gasteiger partial charge in [-0.2, -0.15) is 0 Å². The van der Waals surface area contributed by atoms with Gasteiger partial charge in [-0.15, -0.1) is 0 Å². The molecule has 0 bridgehead atoms. The average Bonchev–Trinajstić information content (AvgIpc) is 2.30. The third kappa shape index (κ3) is 2.77. The van der Waals surface area contributed by atoms with Gasteiger partial charge in [0.15, 0.2) is 5.78 Å². The molecule has 0 aromatic rings. The van der Waals surface area contributed by atoms with Gasteiger partial charge >= 0.3 is 0 Å². The summed E-state index contributed by atoms with van der Waals surface area (Å²) in [5.74, 6) is 0.614. The zero-order chi connectivity index (χ0) is 10.7. The minimum atomic E-state index is -0.0489. The minimum absolute atomic E-state index is 0.0489. The van der Waals surface area contributed by atoms with E-state index >= 15 is 0 Å². The number of rotatable bonds is 2. The van der Waals surface area contributed by atoms with Crippen molar-refractivity contribution < 1.29 is 9.53 Å². The van der Waals surface area contributed by atoms with Crippen molar-refractivity contribution >= 4 is 5.78 Å². The van der Waals surface area contributed by atoms with Gasteiger partial charge in [0.2, 0.25) is 0 Å². The van der Waals surface area contributed by atoms with Crippen LogP contribution in [0.5, 0.6) is 0 Å². The maximum atomic E-state index is 12.1. The van der Waals surface area contributed by atoms with Crippen molar-refractivity contribution in [3.05, 3.63) is 0 Å². The highest BCUT2D eigenvalue weighted by Gasteiger charge is 2.30. The third-order valence-corrected chi connectivity index (χ3v) is 3.39. The van der Waals surface area contributed by atoms with Gasteiger partial charge in [-0.3, -0.25) is 4.79 Å². The molecule has 0 radical (unpaired) electrons. The molecule has 4 nitrogen and oxygen atoms in total. The Bertz CT molecular complexity index is 219. The molecule has 2 heterocycles. The van der Waals surface area contributed by atoms with Crippen LogP contribution in [-0.4, -0.2) is 56.6 Å². The first-order valence-corrected chi connectivity index (χ1v) is 5.81. The van der Waals surface area contributed by atoms with Crippen LogP contribution in [-0.2, 0) is 9.53 Å². The molecule has 2 aliphatic rings. The second-order valence-electron chi connectivity index (χ2n) is 4.56. The standard InChI is InChI=1S/C11H20N2O2/c1-13-5-2-9(3-6-13)11(14)10-8-15-7-4-12-10/h9-10,12H,2-8H2,1H3. The quantitative estimate of drug-likeness (QED) is 0.693. The molecule has 0 aromatic carbocycles. The maximum absolute atomic E-state index is 12.1. The molecule has 1 atom stereocenters. The maximum Gasteiger partial charge on any atom is 0.155 e. The average molecular weight is 212 g/mol. The van der Waals surface area contributed by atoms with Gasteiger partial charge in [-0.05, 0) is 33.0 Å². The van der Waals surface area contributed by atoms with Gasteiger partial charge in [-0.1, -0.05) is 0 Å². The molecule has 0 saturated carbocycles. The molecule has 0 aliphatic carbocycles. The van der Waals surface area contributed by atoms with E-state index in [2.05, 4.69) is 17.3 Å². The van der Waals surface area contributed by atoms with Crippen molar-refractivity contribution in [2.24, 2.45) is 5.92 Å². The Morgan fingerprint density at radius 1 is 1.40 bits per heavy atom. The number of ether oxygens (including phenoxy) is 1. The van der Waals surface area contributed by atoms with E-state index in [9.17, 15) is 4.79 Å². The Labute approximate surface area is 91.0 Å². The number of nitrogens with zero attached hydrogens (tertiary/aromatic N) is 1. The summed E-state index contributed by atoms with van der Waals surface area (Å²) in [7, 11) is 2.11. The van der Waals surface area contributed by atoms with Crippen molar-refractivity contribution in [3.63, 3.8) is 0 Å². The summed E-state index contributed by atoms with van der Waals surface area (Å²) in [5.41, 5.74) is 0. The lowest BCUT2D eigenvalue weighted by Crippen LogP contribution is -2.50. The largest absolute Gasteiger partial charge is 0.378 e. The van der Waals surface area contributed by atoms with Crippen LogP contribution < -0.4 is 5.32 Å². The predicted octanol–water partition coefficient (Wildman–Crippen LogP) is -0.114. The molecule has 1 N–H and O–H groups in total. The number of carbonyl (C=O) groups is 1. The van der Waals surface area contributed by atoms with E-state index in [1.807, 2.05) is 0 Å². The second-order valence-corrected chi connectivity index (χ2v) is 4.56. The van der Waals surface area contributed by atoms with E-state index in [4.69, 9.17) is 4.74 Å². The van der Waals surface area contributed by atoms with Gasteiger partial charge in [0, 0.05) is 12.5 Å². The molecular weight excluding hydrogens is 192 g/mol. The summed E-state index contributed by atoms with van der Waals surface area (Å²) in [6.45, 7) is 4.19. The lowest BCUT2D eigenvalue weighted by molar-refractivity contribution is -0.129. The van der Waals surface area contributed by atoms with Crippen molar-refractivity contribution in [1.29, 1.82) is 0 Å². The Balaban J connectivity index is 1.84. The first-order chi connectivity index (χ1) is 7.27.